The number of rotatable bonds is 3. The van der Waals surface area contributed by atoms with Crippen molar-refractivity contribution in [2.45, 2.75) is 44.3 Å². The van der Waals surface area contributed by atoms with Gasteiger partial charge in [0.05, 0.1) is 12.5 Å². The number of hydrogen-bond acceptors (Lipinski definition) is 3. The number of hydrogen-bond donors (Lipinski definition) is 3. The Bertz CT molecular complexity index is 232. The van der Waals surface area contributed by atoms with Crippen molar-refractivity contribution in [2.24, 2.45) is 5.92 Å². The topological polar surface area (TPSA) is 61.4 Å². The molecule has 4 nitrogen and oxygen atoms in total. The highest BCUT2D eigenvalue weighted by Gasteiger charge is 2.42. The summed E-state index contributed by atoms with van der Waals surface area (Å²) < 4.78 is 0. The van der Waals surface area contributed by atoms with Gasteiger partial charge in [0.25, 0.3) is 0 Å². The van der Waals surface area contributed by atoms with E-state index in [2.05, 4.69) is 10.6 Å². The van der Waals surface area contributed by atoms with Crippen LogP contribution in [0.15, 0.2) is 0 Å². The molecule has 3 N–H and O–H groups in total. The minimum atomic E-state index is -0.123. The lowest BCUT2D eigenvalue weighted by Crippen LogP contribution is -2.42. The van der Waals surface area contributed by atoms with Gasteiger partial charge in [0.1, 0.15) is 0 Å². The summed E-state index contributed by atoms with van der Waals surface area (Å²) in [5.41, 5.74) is 0. The van der Waals surface area contributed by atoms with Crippen molar-refractivity contribution < 1.29 is 9.90 Å². The highest BCUT2D eigenvalue weighted by atomic mass is 16.3. The quantitative estimate of drug-likeness (QED) is 0.579. The fourth-order valence-electron chi connectivity index (χ4n) is 2.51. The Balaban J connectivity index is 1.87. The van der Waals surface area contributed by atoms with Crippen molar-refractivity contribution in [3.8, 4) is 0 Å². The number of aliphatic hydroxyl groups is 1. The second-order valence-electron chi connectivity index (χ2n) is 4.48. The number of carbonyl (C=O) groups excluding carboxylic acids is 1. The first-order valence-corrected chi connectivity index (χ1v) is 5.38. The molecule has 2 heterocycles. The molecule has 2 aliphatic rings. The first kappa shape index (κ1) is 9.93. The Kier molecular flexibility index (Phi) is 2.74. The molecule has 0 aliphatic carbocycles. The van der Waals surface area contributed by atoms with Crippen LogP contribution < -0.4 is 10.6 Å². The summed E-state index contributed by atoms with van der Waals surface area (Å²) in [4.78, 5) is 11.7. The van der Waals surface area contributed by atoms with Gasteiger partial charge in [-0.05, 0) is 26.2 Å². The first-order valence-electron chi connectivity index (χ1n) is 5.38. The third-order valence-corrected chi connectivity index (χ3v) is 3.30. The molecule has 14 heavy (non-hydrogen) atoms. The molecule has 2 bridgehead atoms. The number of nitrogens with one attached hydrogen (secondary N) is 2. The van der Waals surface area contributed by atoms with E-state index in [1.807, 2.05) is 6.92 Å². The molecule has 0 aromatic heterocycles. The van der Waals surface area contributed by atoms with Crippen LogP contribution in [0.4, 0.5) is 0 Å². The van der Waals surface area contributed by atoms with Crippen molar-refractivity contribution in [2.75, 3.05) is 6.61 Å². The van der Waals surface area contributed by atoms with Crippen LogP contribution in [0, 0.1) is 5.92 Å². The summed E-state index contributed by atoms with van der Waals surface area (Å²) in [6.45, 7) is 1.83. The van der Waals surface area contributed by atoms with Crippen LogP contribution in [0.2, 0.25) is 0 Å². The normalized spacial score (nSPS) is 37.1. The second-order valence-corrected chi connectivity index (χ2v) is 4.48. The van der Waals surface area contributed by atoms with Crippen LogP contribution in [-0.4, -0.2) is 35.7 Å². The van der Waals surface area contributed by atoms with Crippen molar-refractivity contribution in [1.82, 2.24) is 10.6 Å². The van der Waals surface area contributed by atoms with E-state index in [-0.39, 0.29) is 24.5 Å². The Morgan fingerprint density at radius 1 is 1.64 bits per heavy atom. The SMILES string of the molecule is CC(CO)NC(=O)C1CC2CCC1N2. The Labute approximate surface area is 84.1 Å². The van der Waals surface area contributed by atoms with Gasteiger partial charge in [-0.2, -0.15) is 0 Å². The zero-order valence-electron chi connectivity index (χ0n) is 8.49. The average Bonchev–Trinajstić information content (AvgIpc) is 2.78. The van der Waals surface area contributed by atoms with Crippen molar-refractivity contribution >= 4 is 5.91 Å². The zero-order chi connectivity index (χ0) is 10.1. The molecule has 0 saturated carbocycles. The van der Waals surface area contributed by atoms with Gasteiger partial charge in [-0.3, -0.25) is 4.79 Å². The standard InChI is InChI=1S/C10H18N2O2/c1-6(5-13)11-10(14)8-4-7-2-3-9(8)12-7/h6-9,12-13H,2-5H2,1H3,(H,11,14). The maximum Gasteiger partial charge on any atom is 0.225 e. The van der Waals surface area contributed by atoms with Crippen molar-refractivity contribution in [3.63, 3.8) is 0 Å². The summed E-state index contributed by atoms with van der Waals surface area (Å²) in [5.74, 6) is 0.231. The first-order chi connectivity index (χ1) is 6.70. The van der Waals surface area contributed by atoms with Crippen LogP contribution in [-0.2, 0) is 4.79 Å². The number of carbonyl (C=O) groups is 1. The molecular weight excluding hydrogens is 180 g/mol. The molecule has 80 valence electrons. The predicted molar refractivity (Wildman–Crippen MR) is 52.7 cm³/mol. The van der Waals surface area contributed by atoms with Gasteiger partial charge in [0.15, 0.2) is 0 Å². The molecule has 0 radical (unpaired) electrons. The number of fused-ring (bicyclic) bond motifs is 2. The molecule has 2 rings (SSSR count). The lowest BCUT2D eigenvalue weighted by Gasteiger charge is -2.21. The molecule has 4 heteroatoms. The van der Waals surface area contributed by atoms with E-state index in [0.717, 1.165) is 12.8 Å². The summed E-state index contributed by atoms with van der Waals surface area (Å²) in [5, 5.41) is 15.1. The Morgan fingerprint density at radius 3 is 2.93 bits per heavy atom. The monoisotopic (exact) mass is 198 g/mol. The highest BCUT2D eigenvalue weighted by molar-refractivity contribution is 5.80. The van der Waals surface area contributed by atoms with Crippen LogP contribution >= 0.6 is 0 Å². The minimum absolute atomic E-state index is 0.0139. The molecule has 1 amide bonds. The molecule has 2 aliphatic heterocycles. The van der Waals surface area contributed by atoms with Crippen LogP contribution in [0.1, 0.15) is 26.2 Å². The smallest absolute Gasteiger partial charge is 0.225 e. The van der Waals surface area contributed by atoms with E-state index >= 15 is 0 Å². The third kappa shape index (κ3) is 1.77. The lowest BCUT2D eigenvalue weighted by atomic mass is 9.88. The molecule has 0 aromatic rings. The molecule has 0 spiro atoms. The molecule has 4 atom stereocenters. The minimum Gasteiger partial charge on any atom is -0.394 e. The molecule has 4 unspecified atom stereocenters. The lowest BCUT2D eigenvalue weighted by molar-refractivity contribution is -0.126. The van der Waals surface area contributed by atoms with Crippen molar-refractivity contribution in [3.05, 3.63) is 0 Å². The van der Waals surface area contributed by atoms with E-state index in [4.69, 9.17) is 5.11 Å². The second kappa shape index (κ2) is 3.87. The molecule has 2 saturated heterocycles. The zero-order valence-corrected chi connectivity index (χ0v) is 8.49. The van der Waals surface area contributed by atoms with E-state index in [0.29, 0.717) is 12.1 Å². The molecule has 0 aromatic carbocycles. The van der Waals surface area contributed by atoms with Gasteiger partial charge in [0.2, 0.25) is 5.91 Å². The number of amides is 1. The Hall–Kier alpha value is -0.610. The van der Waals surface area contributed by atoms with Gasteiger partial charge in [-0.1, -0.05) is 0 Å². The fourth-order valence-corrected chi connectivity index (χ4v) is 2.51. The predicted octanol–water partition coefficient (Wildman–Crippen LogP) is -0.376. The van der Waals surface area contributed by atoms with E-state index in [1.165, 1.54) is 6.42 Å². The summed E-state index contributed by atoms with van der Waals surface area (Å²) >= 11 is 0. The fraction of sp³-hybridized carbons (Fsp3) is 0.900. The summed E-state index contributed by atoms with van der Waals surface area (Å²) in [6, 6.07) is 0.813. The third-order valence-electron chi connectivity index (χ3n) is 3.30. The molecular formula is C10H18N2O2. The van der Waals surface area contributed by atoms with Gasteiger partial charge in [-0.25, -0.2) is 0 Å². The van der Waals surface area contributed by atoms with Crippen LogP contribution in [0.5, 0.6) is 0 Å². The maximum atomic E-state index is 11.7. The van der Waals surface area contributed by atoms with Crippen molar-refractivity contribution in [1.29, 1.82) is 0 Å². The number of aliphatic hydroxyl groups excluding tert-OH is 1. The van der Waals surface area contributed by atoms with E-state index in [1.54, 1.807) is 0 Å². The summed E-state index contributed by atoms with van der Waals surface area (Å²) in [6.07, 6.45) is 3.30. The summed E-state index contributed by atoms with van der Waals surface area (Å²) in [7, 11) is 0. The largest absolute Gasteiger partial charge is 0.394 e. The highest BCUT2D eigenvalue weighted by Crippen LogP contribution is 2.33. The van der Waals surface area contributed by atoms with Gasteiger partial charge < -0.3 is 15.7 Å². The van der Waals surface area contributed by atoms with Crippen LogP contribution in [0.25, 0.3) is 0 Å². The maximum absolute atomic E-state index is 11.7. The van der Waals surface area contributed by atoms with Crippen LogP contribution in [0.3, 0.4) is 0 Å². The van der Waals surface area contributed by atoms with Gasteiger partial charge in [-0.15, -0.1) is 0 Å². The average molecular weight is 198 g/mol. The van der Waals surface area contributed by atoms with E-state index < -0.39 is 0 Å². The molecule has 2 fully saturated rings. The van der Waals surface area contributed by atoms with Gasteiger partial charge in [0, 0.05) is 18.1 Å². The van der Waals surface area contributed by atoms with E-state index in [9.17, 15) is 4.79 Å². The van der Waals surface area contributed by atoms with Gasteiger partial charge >= 0.3 is 0 Å². The Morgan fingerprint density at radius 2 is 2.43 bits per heavy atom.